The van der Waals surface area contributed by atoms with Gasteiger partial charge in [-0.1, -0.05) is 30.3 Å². The molecule has 1 fully saturated rings. The maximum absolute atomic E-state index is 5.75. The van der Waals surface area contributed by atoms with E-state index in [0.717, 1.165) is 19.1 Å². The van der Waals surface area contributed by atoms with Crippen LogP contribution in [0.4, 0.5) is 0 Å². The third kappa shape index (κ3) is 3.82. The van der Waals surface area contributed by atoms with E-state index in [4.69, 9.17) is 4.74 Å². The second-order valence-corrected chi connectivity index (χ2v) is 5.80. The Labute approximate surface area is 111 Å². The Hall–Kier alpha value is -0.860. The third-order valence-corrected chi connectivity index (χ3v) is 3.53. The summed E-state index contributed by atoms with van der Waals surface area (Å²) in [6.45, 7) is 8.03. The average molecular weight is 247 g/mol. The molecule has 0 radical (unpaired) electrons. The first kappa shape index (κ1) is 13.6. The van der Waals surface area contributed by atoms with Crippen molar-refractivity contribution in [3.8, 4) is 0 Å². The fourth-order valence-corrected chi connectivity index (χ4v) is 2.44. The number of hydrogen-bond acceptors (Lipinski definition) is 2. The van der Waals surface area contributed by atoms with Crippen molar-refractivity contribution < 1.29 is 4.74 Å². The first-order valence-corrected chi connectivity index (χ1v) is 7.04. The Bertz CT molecular complexity index is 357. The summed E-state index contributed by atoms with van der Waals surface area (Å²) in [5.74, 6) is 0.810. The number of rotatable bonds is 7. The minimum Gasteiger partial charge on any atom is -0.375 e. The lowest BCUT2D eigenvalue weighted by molar-refractivity contribution is -0.0111. The van der Waals surface area contributed by atoms with E-state index in [-0.39, 0.29) is 5.60 Å². The van der Waals surface area contributed by atoms with E-state index in [0.29, 0.717) is 6.04 Å². The molecule has 18 heavy (non-hydrogen) atoms. The van der Waals surface area contributed by atoms with E-state index in [9.17, 15) is 0 Å². The van der Waals surface area contributed by atoms with Crippen molar-refractivity contribution in [2.24, 2.45) is 5.92 Å². The number of ether oxygens (including phenoxy) is 1. The van der Waals surface area contributed by atoms with Crippen LogP contribution in [0.5, 0.6) is 0 Å². The Morgan fingerprint density at radius 3 is 2.50 bits per heavy atom. The molecule has 1 aromatic rings. The van der Waals surface area contributed by atoms with Gasteiger partial charge in [0, 0.05) is 19.2 Å². The maximum Gasteiger partial charge on any atom is 0.0750 e. The van der Waals surface area contributed by atoms with Crippen molar-refractivity contribution in [1.29, 1.82) is 0 Å². The van der Waals surface area contributed by atoms with E-state index in [1.165, 1.54) is 18.4 Å². The van der Waals surface area contributed by atoms with Gasteiger partial charge >= 0.3 is 0 Å². The van der Waals surface area contributed by atoms with E-state index in [1.807, 2.05) is 0 Å². The highest BCUT2D eigenvalue weighted by atomic mass is 16.5. The van der Waals surface area contributed by atoms with Crippen molar-refractivity contribution in [3.05, 3.63) is 35.9 Å². The molecule has 1 aliphatic carbocycles. The zero-order valence-corrected chi connectivity index (χ0v) is 11.8. The summed E-state index contributed by atoms with van der Waals surface area (Å²) in [6.07, 6.45) is 2.70. The molecule has 2 nitrogen and oxygen atoms in total. The number of nitrogens with one attached hydrogen (secondary N) is 1. The van der Waals surface area contributed by atoms with Crippen LogP contribution in [-0.2, 0) is 4.74 Å². The molecule has 100 valence electrons. The summed E-state index contributed by atoms with van der Waals surface area (Å²) in [7, 11) is 0. The van der Waals surface area contributed by atoms with Gasteiger partial charge in [0.25, 0.3) is 0 Å². The molecule has 0 saturated heterocycles. The molecule has 2 heteroatoms. The van der Waals surface area contributed by atoms with Crippen LogP contribution in [0.25, 0.3) is 0 Å². The second kappa shape index (κ2) is 5.85. The van der Waals surface area contributed by atoms with Crippen LogP contribution in [0.3, 0.4) is 0 Å². The fraction of sp³-hybridized carbons (Fsp3) is 0.625. The molecule has 0 aromatic heterocycles. The van der Waals surface area contributed by atoms with Gasteiger partial charge in [-0.3, -0.25) is 0 Å². The van der Waals surface area contributed by atoms with Crippen molar-refractivity contribution in [3.63, 3.8) is 0 Å². The summed E-state index contributed by atoms with van der Waals surface area (Å²) in [6, 6.07) is 11.3. The molecule has 0 heterocycles. The zero-order valence-electron chi connectivity index (χ0n) is 11.8. The highest BCUT2D eigenvalue weighted by molar-refractivity contribution is 5.21. The lowest BCUT2D eigenvalue weighted by Crippen LogP contribution is -2.40. The van der Waals surface area contributed by atoms with Crippen LogP contribution in [0.1, 0.15) is 45.2 Å². The Kier molecular flexibility index (Phi) is 4.41. The topological polar surface area (TPSA) is 21.3 Å². The van der Waals surface area contributed by atoms with E-state index >= 15 is 0 Å². The minimum absolute atomic E-state index is 0.0866. The van der Waals surface area contributed by atoms with Gasteiger partial charge < -0.3 is 10.1 Å². The van der Waals surface area contributed by atoms with Crippen LogP contribution >= 0.6 is 0 Å². The first-order valence-electron chi connectivity index (χ1n) is 7.04. The number of benzene rings is 1. The highest BCUT2D eigenvalue weighted by Crippen LogP contribution is 2.41. The van der Waals surface area contributed by atoms with E-state index < -0.39 is 0 Å². The van der Waals surface area contributed by atoms with Crippen molar-refractivity contribution in [2.45, 2.75) is 45.3 Å². The van der Waals surface area contributed by atoms with Crippen LogP contribution in [0, 0.1) is 5.92 Å². The van der Waals surface area contributed by atoms with Gasteiger partial charge in [-0.15, -0.1) is 0 Å². The fourth-order valence-electron chi connectivity index (χ4n) is 2.44. The third-order valence-electron chi connectivity index (χ3n) is 3.53. The summed E-state index contributed by atoms with van der Waals surface area (Å²) in [4.78, 5) is 0. The molecule has 2 rings (SSSR count). The Balaban J connectivity index is 1.96. The van der Waals surface area contributed by atoms with Gasteiger partial charge in [0.15, 0.2) is 0 Å². The zero-order chi connectivity index (χ0) is 13.0. The summed E-state index contributed by atoms with van der Waals surface area (Å²) in [5, 5.41) is 3.70. The van der Waals surface area contributed by atoms with Gasteiger partial charge in [0.1, 0.15) is 0 Å². The standard InChI is InChI=1S/C16H25NO/c1-4-18-16(2,3)12-17-15(14-10-11-14)13-8-6-5-7-9-13/h5-9,14-15,17H,4,10-12H2,1-3H3. The number of hydrogen-bond donors (Lipinski definition) is 1. The molecule has 1 aliphatic rings. The van der Waals surface area contributed by atoms with Gasteiger partial charge in [-0.2, -0.15) is 0 Å². The van der Waals surface area contributed by atoms with E-state index in [1.54, 1.807) is 0 Å². The predicted molar refractivity (Wildman–Crippen MR) is 75.6 cm³/mol. The predicted octanol–water partition coefficient (Wildman–Crippen LogP) is 3.54. The first-order chi connectivity index (χ1) is 8.62. The molecular formula is C16H25NO. The van der Waals surface area contributed by atoms with Crippen molar-refractivity contribution in [2.75, 3.05) is 13.2 Å². The van der Waals surface area contributed by atoms with Crippen LogP contribution in [0.2, 0.25) is 0 Å². The molecule has 1 aromatic carbocycles. The van der Waals surface area contributed by atoms with Crippen LogP contribution in [-0.4, -0.2) is 18.8 Å². The molecule has 0 aliphatic heterocycles. The average Bonchev–Trinajstić information content (AvgIpc) is 3.15. The van der Waals surface area contributed by atoms with Crippen molar-refractivity contribution in [1.82, 2.24) is 5.32 Å². The van der Waals surface area contributed by atoms with Gasteiger partial charge in [-0.05, 0) is 45.1 Å². The minimum atomic E-state index is -0.0866. The van der Waals surface area contributed by atoms with Gasteiger partial charge in [0.2, 0.25) is 0 Å². The monoisotopic (exact) mass is 247 g/mol. The molecule has 0 amide bonds. The largest absolute Gasteiger partial charge is 0.375 e. The van der Waals surface area contributed by atoms with Gasteiger partial charge in [-0.25, -0.2) is 0 Å². The molecule has 0 bridgehead atoms. The summed E-state index contributed by atoms with van der Waals surface area (Å²) < 4.78 is 5.75. The highest BCUT2D eigenvalue weighted by Gasteiger charge is 2.33. The maximum atomic E-state index is 5.75. The molecule has 1 saturated carbocycles. The lowest BCUT2D eigenvalue weighted by Gasteiger charge is -2.28. The van der Waals surface area contributed by atoms with E-state index in [2.05, 4.69) is 56.4 Å². The normalized spacial score (nSPS) is 17.7. The molecule has 0 spiro atoms. The summed E-state index contributed by atoms with van der Waals surface area (Å²) in [5.41, 5.74) is 1.32. The molecule has 1 atom stereocenters. The molecule has 1 N–H and O–H groups in total. The van der Waals surface area contributed by atoms with Crippen LogP contribution in [0.15, 0.2) is 30.3 Å². The van der Waals surface area contributed by atoms with Crippen molar-refractivity contribution >= 4 is 0 Å². The molecule has 1 unspecified atom stereocenters. The SMILES string of the molecule is CCOC(C)(C)CNC(c1ccccc1)C1CC1. The Morgan fingerprint density at radius 1 is 1.28 bits per heavy atom. The Morgan fingerprint density at radius 2 is 1.94 bits per heavy atom. The second-order valence-electron chi connectivity index (χ2n) is 5.80. The summed E-state index contributed by atoms with van der Waals surface area (Å²) >= 11 is 0. The lowest BCUT2D eigenvalue weighted by atomic mass is 10.0. The molecular weight excluding hydrogens is 222 g/mol. The van der Waals surface area contributed by atoms with Crippen LogP contribution < -0.4 is 5.32 Å². The van der Waals surface area contributed by atoms with Gasteiger partial charge in [0.05, 0.1) is 5.60 Å². The smallest absolute Gasteiger partial charge is 0.0750 e. The quantitative estimate of drug-likeness (QED) is 0.795.